The quantitative estimate of drug-likeness (QED) is 0.323. The summed E-state index contributed by atoms with van der Waals surface area (Å²) in [6, 6.07) is 6.33. The number of aliphatic hydroxyl groups excluding tert-OH is 1. The second-order valence-corrected chi connectivity index (χ2v) is 11.9. The Labute approximate surface area is 206 Å². The molecule has 0 bridgehead atoms. The molecular weight excluding hydrogens is 503 g/mol. The predicted molar refractivity (Wildman–Crippen MR) is 131 cm³/mol. The van der Waals surface area contributed by atoms with Crippen molar-refractivity contribution < 1.29 is 27.4 Å². The first-order valence-electron chi connectivity index (χ1n) is 10.8. The third kappa shape index (κ3) is 6.68. The van der Waals surface area contributed by atoms with E-state index >= 15 is 0 Å². The molecule has 1 unspecified atom stereocenters. The molecule has 0 spiro atoms. The minimum atomic E-state index is -4.56. The normalized spacial score (nSPS) is 18.7. The minimum Gasteiger partial charge on any atom is -0.395 e. The Bertz CT molecular complexity index is 1180. The van der Waals surface area contributed by atoms with E-state index in [-0.39, 0.29) is 18.6 Å². The van der Waals surface area contributed by atoms with E-state index in [0.29, 0.717) is 36.7 Å². The Morgan fingerprint density at radius 3 is 2.71 bits per heavy atom. The van der Waals surface area contributed by atoms with Gasteiger partial charge in [0.05, 0.1) is 23.8 Å². The summed E-state index contributed by atoms with van der Waals surface area (Å²) in [5.74, 6) is 0.524. The highest BCUT2D eigenvalue weighted by Gasteiger charge is 2.33. The molecule has 8 nitrogen and oxygen atoms in total. The van der Waals surface area contributed by atoms with Gasteiger partial charge in [-0.1, -0.05) is 6.07 Å². The molecule has 1 aliphatic heterocycles. The van der Waals surface area contributed by atoms with Gasteiger partial charge < -0.3 is 10.4 Å². The van der Waals surface area contributed by atoms with Crippen molar-refractivity contribution in [2.24, 2.45) is 0 Å². The van der Waals surface area contributed by atoms with Crippen LogP contribution in [0.15, 0.2) is 36.7 Å². The van der Waals surface area contributed by atoms with E-state index in [0.717, 1.165) is 33.3 Å². The summed E-state index contributed by atoms with van der Waals surface area (Å²) in [5, 5.41) is 13.1. The van der Waals surface area contributed by atoms with Crippen molar-refractivity contribution >= 4 is 33.6 Å². The van der Waals surface area contributed by atoms with Crippen molar-refractivity contribution in [3.8, 4) is 10.4 Å². The van der Waals surface area contributed by atoms with Gasteiger partial charge in [0.15, 0.2) is 0 Å². The van der Waals surface area contributed by atoms with Crippen molar-refractivity contribution in [2.75, 3.05) is 30.0 Å². The third-order valence-corrected chi connectivity index (χ3v) is 8.44. The number of hydrogen-bond donors (Lipinski definition) is 4. The second kappa shape index (κ2) is 10.4. The lowest BCUT2D eigenvalue weighted by molar-refractivity contribution is -0.141. The number of rotatable bonds is 8. The Morgan fingerprint density at radius 1 is 1.23 bits per heavy atom. The van der Waals surface area contributed by atoms with E-state index in [1.54, 1.807) is 18.3 Å². The first-order chi connectivity index (χ1) is 16.5. The van der Waals surface area contributed by atoms with Gasteiger partial charge >= 0.3 is 6.18 Å². The molecular formula is C22H26F3N5O3S2. The van der Waals surface area contributed by atoms with Crippen molar-refractivity contribution in [1.82, 2.24) is 19.9 Å². The van der Waals surface area contributed by atoms with Crippen LogP contribution in [0.2, 0.25) is 0 Å². The number of anilines is 2. The highest BCUT2D eigenvalue weighted by molar-refractivity contribution is 8.24. The maximum atomic E-state index is 13.0. The van der Waals surface area contributed by atoms with Gasteiger partial charge in [-0.25, -0.2) is 15.0 Å². The van der Waals surface area contributed by atoms with Crippen LogP contribution in [0.1, 0.15) is 22.7 Å². The lowest BCUT2D eigenvalue weighted by Gasteiger charge is -2.30. The van der Waals surface area contributed by atoms with Crippen LogP contribution in [0.3, 0.4) is 0 Å². The number of halogens is 3. The van der Waals surface area contributed by atoms with Gasteiger partial charge in [0.25, 0.3) is 0 Å². The maximum absolute atomic E-state index is 13.0. The van der Waals surface area contributed by atoms with Crippen LogP contribution >= 0.6 is 21.9 Å². The molecule has 0 aliphatic carbocycles. The summed E-state index contributed by atoms with van der Waals surface area (Å²) in [5.41, 5.74) is 1.26. The molecule has 2 aromatic heterocycles. The fourth-order valence-electron chi connectivity index (χ4n) is 4.00. The Kier molecular flexibility index (Phi) is 7.64. The zero-order chi connectivity index (χ0) is 25.2. The molecule has 0 amide bonds. The first kappa shape index (κ1) is 25.8. The molecule has 1 saturated heterocycles. The van der Waals surface area contributed by atoms with Crippen molar-refractivity contribution in [1.29, 1.82) is 0 Å². The van der Waals surface area contributed by atoms with Crippen LogP contribution in [-0.2, 0) is 12.7 Å². The number of aryl methyl sites for hydroxylation is 1. The monoisotopic (exact) mass is 529 g/mol. The van der Waals surface area contributed by atoms with Crippen molar-refractivity contribution in [3.05, 3.63) is 52.9 Å². The first-order valence-corrected chi connectivity index (χ1v) is 13.5. The van der Waals surface area contributed by atoms with Crippen LogP contribution in [0.25, 0.3) is 10.4 Å². The number of nitrogens with zero attached hydrogens (tertiary/aromatic N) is 4. The van der Waals surface area contributed by atoms with E-state index in [4.69, 9.17) is 0 Å². The molecule has 3 heterocycles. The Hall–Kier alpha value is -2.29. The number of aliphatic hydroxyl groups is 1. The molecule has 13 heteroatoms. The number of thiazole rings is 1. The number of alkyl halides is 3. The molecule has 1 aromatic carbocycles. The summed E-state index contributed by atoms with van der Waals surface area (Å²) < 4.78 is 58.9. The fourth-order valence-corrected chi connectivity index (χ4v) is 6.74. The molecule has 3 aromatic rings. The summed E-state index contributed by atoms with van der Waals surface area (Å²) in [6.07, 6.45) is -1.11. The van der Waals surface area contributed by atoms with Gasteiger partial charge in [-0.05, 0) is 42.7 Å². The number of benzene rings is 1. The van der Waals surface area contributed by atoms with Gasteiger partial charge in [0.2, 0.25) is 5.95 Å². The lowest BCUT2D eigenvalue weighted by Crippen LogP contribution is -2.37. The van der Waals surface area contributed by atoms with Gasteiger partial charge in [-0.15, -0.1) is 11.3 Å². The van der Waals surface area contributed by atoms with Gasteiger partial charge in [-0.2, -0.15) is 23.8 Å². The van der Waals surface area contributed by atoms with Crippen LogP contribution in [-0.4, -0.2) is 64.8 Å². The number of hydrogen-bond acceptors (Lipinski definition) is 9. The van der Waals surface area contributed by atoms with E-state index in [1.807, 2.05) is 17.9 Å². The molecule has 1 atom stereocenters. The van der Waals surface area contributed by atoms with Gasteiger partial charge in [0.1, 0.15) is 10.7 Å². The Balaban J connectivity index is 1.51. The van der Waals surface area contributed by atoms with Crippen LogP contribution < -0.4 is 5.32 Å². The van der Waals surface area contributed by atoms with Crippen molar-refractivity contribution in [2.45, 2.75) is 32.1 Å². The zero-order valence-corrected chi connectivity index (χ0v) is 20.5. The summed E-state index contributed by atoms with van der Waals surface area (Å²) in [6.45, 7) is 2.72. The predicted octanol–water partition coefficient (Wildman–Crippen LogP) is 4.99. The average Bonchev–Trinajstić information content (AvgIpc) is 3.39. The number of nitrogens with one attached hydrogen (secondary N) is 1. The van der Waals surface area contributed by atoms with E-state index < -0.39 is 22.5 Å². The van der Waals surface area contributed by atoms with Crippen LogP contribution in [0, 0.1) is 6.92 Å². The van der Waals surface area contributed by atoms with Crippen molar-refractivity contribution in [3.63, 3.8) is 0 Å². The van der Waals surface area contributed by atoms with E-state index in [1.165, 1.54) is 11.3 Å². The highest BCUT2D eigenvalue weighted by Crippen LogP contribution is 2.47. The minimum absolute atomic E-state index is 0.0262. The fraction of sp³-hybridized carbons (Fsp3) is 0.409. The lowest BCUT2D eigenvalue weighted by atomic mass is 10.1. The molecule has 4 N–H and O–H groups in total. The molecule has 35 heavy (non-hydrogen) atoms. The summed E-state index contributed by atoms with van der Waals surface area (Å²) >= 11 is 1.47. The van der Waals surface area contributed by atoms with E-state index in [2.05, 4.69) is 20.3 Å². The SMILES string of the molecule is Cc1cc(Nc2nccc(C(F)(F)F)n2)cc(-c2cnc(CN(CCO)C3CCS(O)(O)C3)s2)c1. The summed E-state index contributed by atoms with van der Waals surface area (Å²) in [7, 11) is -2.56. The largest absolute Gasteiger partial charge is 0.433 e. The summed E-state index contributed by atoms with van der Waals surface area (Å²) in [4.78, 5) is 14.9. The zero-order valence-electron chi connectivity index (χ0n) is 18.9. The highest BCUT2D eigenvalue weighted by atomic mass is 32.3. The molecule has 1 aliphatic rings. The average molecular weight is 530 g/mol. The smallest absolute Gasteiger partial charge is 0.395 e. The van der Waals surface area contributed by atoms with Gasteiger partial charge in [-0.3, -0.25) is 14.0 Å². The number of aromatic nitrogens is 3. The maximum Gasteiger partial charge on any atom is 0.433 e. The molecule has 4 rings (SSSR count). The van der Waals surface area contributed by atoms with Crippen LogP contribution in [0.4, 0.5) is 24.8 Å². The molecule has 1 fully saturated rings. The standard InChI is InChI=1S/C22H26F3N5O3S2/c1-14-8-15(10-16(9-14)28-21-26-4-2-19(29-21)22(23,24)25)18-11-27-20(34-18)12-30(5-6-31)17-3-7-35(32,33)13-17/h2,4,8-11,17,31-33H,3,5-7,12-13H2,1H3,(H,26,28,29). The second-order valence-electron chi connectivity index (χ2n) is 8.40. The van der Waals surface area contributed by atoms with Crippen LogP contribution in [0.5, 0.6) is 0 Å². The van der Waals surface area contributed by atoms with Gasteiger partial charge in [0, 0.05) is 36.4 Å². The molecule has 190 valence electrons. The van der Waals surface area contributed by atoms with E-state index in [9.17, 15) is 27.4 Å². The molecule has 0 radical (unpaired) electrons. The Morgan fingerprint density at radius 2 is 2.03 bits per heavy atom. The third-order valence-electron chi connectivity index (χ3n) is 5.60. The topological polar surface area (TPSA) is 115 Å². The molecule has 0 saturated carbocycles.